The van der Waals surface area contributed by atoms with E-state index >= 15 is 0 Å². The molecule has 1 aromatic carbocycles. The quantitative estimate of drug-likeness (QED) is 0.900. The van der Waals surface area contributed by atoms with Crippen molar-refractivity contribution in [2.75, 3.05) is 24.6 Å². The van der Waals surface area contributed by atoms with E-state index in [-0.39, 0.29) is 25.0 Å². The highest BCUT2D eigenvalue weighted by Gasteiger charge is 2.24. The molecule has 1 aliphatic heterocycles. The number of aromatic nitrogens is 1. The molecule has 1 aromatic heterocycles. The number of para-hydroxylation sites is 1. The number of carbonyl (C=O) groups is 2. The van der Waals surface area contributed by atoms with Crippen LogP contribution in [0, 0.1) is 0 Å². The molecular weight excluding hydrogens is 302 g/mol. The average Bonchev–Trinajstić information content (AvgIpc) is 3.19. The lowest BCUT2D eigenvalue weighted by Crippen LogP contribution is -2.40. The minimum atomic E-state index is -0.339. The summed E-state index contributed by atoms with van der Waals surface area (Å²) in [6.45, 7) is 0.477. The molecular formula is C15H15N3O3S. The molecule has 6 nitrogen and oxygen atoms in total. The van der Waals surface area contributed by atoms with Gasteiger partial charge in [-0.25, -0.2) is 0 Å². The Hall–Kier alpha value is -2.41. The maximum Gasteiger partial charge on any atom is 0.258 e. The summed E-state index contributed by atoms with van der Waals surface area (Å²) < 4.78 is 9.12. The van der Waals surface area contributed by atoms with Gasteiger partial charge in [0.05, 0.1) is 6.54 Å². The fourth-order valence-corrected chi connectivity index (χ4v) is 2.79. The van der Waals surface area contributed by atoms with Crippen LogP contribution in [-0.4, -0.2) is 35.9 Å². The third-order valence-electron chi connectivity index (χ3n) is 3.39. The predicted octanol–water partition coefficient (Wildman–Crippen LogP) is 1.23. The van der Waals surface area contributed by atoms with Crippen LogP contribution in [0.2, 0.25) is 0 Å². The third kappa shape index (κ3) is 3.25. The van der Waals surface area contributed by atoms with Crippen LogP contribution in [0.5, 0.6) is 5.88 Å². The third-order valence-corrected chi connectivity index (χ3v) is 3.93. The largest absolute Gasteiger partial charge is 0.467 e. The van der Waals surface area contributed by atoms with Gasteiger partial charge in [0.25, 0.3) is 5.91 Å². The van der Waals surface area contributed by atoms with Crippen molar-refractivity contribution >= 4 is 29.0 Å². The van der Waals surface area contributed by atoms with Crippen molar-refractivity contribution in [2.24, 2.45) is 0 Å². The average molecular weight is 317 g/mol. The number of carbonyl (C=O) groups excluding carboxylic acids is 2. The summed E-state index contributed by atoms with van der Waals surface area (Å²) in [6.07, 6.45) is 0.850. The first kappa shape index (κ1) is 14.5. The van der Waals surface area contributed by atoms with Gasteiger partial charge >= 0.3 is 0 Å². The van der Waals surface area contributed by atoms with E-state index < -0.39 is 0 Å². The molecule has 2 aromatic rings. The van der Waals surface area contributed by atoms with Crippen molar-refractivity contribution in [3.8, 4) is 5.88 Å². The van der Waals surface area contributed by atoms with Crippen molar-refractivity contribution in [3.05, 3.63) is 41.3 Å². The number of anilines is 1. The van der Waals surface area contributed by atoms with Crippen LogP contribution in [0.1, 0.15) is 5.56 Å². The predicted molar refractivity (Wildman–Crippen MR) is 83.1 cm³/mol. The lowest BCUT2D eigenvalue weighted by atomic mass is 10.2. The van der Waals surface area contributed by atoms with Crippen LogP contribution < -0.4 is 15.0 Å². The molecule has 0 saturated carbocycles. The Morgan fingerprint density at radius 3 is 3.00 bits per heavy atom. The van der Waals surface area contributed by atoms with Gasteiger partial charge in [0.1, 0.15) is 0 Å². The SMILES string of the molecule is O=C(COc1ccsn1)NCC(=O)N1CCc2ccccc21. The van der Waals surface area contributed by atoms with Gasteiger partial charge in [-0.15, -0.1) is 0 Å². The fourth-order valence-electron chi connectivity index (χ4n) is 2.33. The molecule has 2 amide bonds. The zero-order valence-corrected chi connectivity index (χ0v) is 12.6. The van der Waals surface area contributed by atoms with Gasteiger partial charge in [0.15, 0.2) is 6.61 Å². The zero-order valence-electron chi connectivity index (χ0n) is 11.8. The van der Waals surface area contributed by atoms with Gasteiger partial charge in [0, 0.05) is 23.7 Å². The molecule has 7 heteroatoms. The summed E-state index contributed by atoms with van der Waals surface area (Å²) in [6, 6.07) is 9.50. The van der Waals surface area contributed by atoms with Crippen LogP contribution in [0.4, 0.5) is 5.69 Å². The highest BCUT2D eigenvalue weighted by atomic mass is 32.1. The van der Waals surface area contributed by atoms with E-state index in [4.69, 9.17) is 4.74 Å². The molecule has 0 fully saturated rings. The first-order valence-corrected chi connectivity index (χ1v) is 7.76. The summed E-state index contributed by atoms with van der Waals surface area (Å²) in [4.78, 5) is 25.6. The van der Waals surface area contributed by atoms with Gasteiger partial charge in [-0.2, -0.15) is 4.37 Å². The standard InChI is InChI=1S/C15H15N3O3S/c19-13(10-21-14-6-8-22-17-14)16-9-15(20)18-7-5-11-3-1-2-4-12(11)18/h1-4,6,8H,5,7,9-10H2,(H,16,19). The second-order valence-electron chi connectivity index (χ2n) is 4.83. The number of rotatable bonds is 5. The Morgan fingerprint density at radius 2 is 2.18 bits per heavy atom. The zero-order chi connectivity index (χ0) is 15.4. The van der Waals surface area contributed by atoms with E-state index in [1.807, 2.05) is 24.3 Å². The summed E-state index contributed by atoms with van der Waals surface area (Å²) in [5, 5.41) is 4.34. The Balaban J connectivity index is 1.47. The molecule has 0 bridgehead atoms. The van der Waals surface area contributed by atoms with E-state index in [9.17, 15) is 9.59 Å². The number of fused-ring (bicyclic) bond motifs is 1. The van der Waals surface area contributed by atoms with Crippen LogP contribution >= 0.6 is 11.5 Å². The van der Waals surface area contributed by atoms with Gasteiger partial charge < -0.3 is 15.0 Å². The second-order valence-corrected chi connectivity index (χ2v) is 5.49. The van der Waals surface area contributed by atoms with E-state index in [2.05, 4.69) is 9.69 Å². The smallest absolute Gasteiger partial charge is 0.258 e. The Bertz CT molecular complexity index is 672. The van der Waals surface area contributed by atoms with Gasteiger partial charge in [-0.1, -0.05) is 18.2 Å². The molecule has 1 aliphatic rings. The molecule has 0 spiro atoms. The van der Waals surface area contributed by atoms with Crippen LogP contribution in [-0.2, 0) is 16.0 Å². The second kappa shape index (κ2) is 6.57. The molecule has 0 aliphatic carbocycles. The lowest BCUT2D eigenvalue weighted by molar-refractivity contribution is -0.126. The number of nitrogens with zero attached hydrogens (tertiary/aromatic N) is 2. The summed E-state index contributed by atoms with van der Waals surface area (Å²) in [5.41, 5.74) is 2.09. The maximum atomic E-state index is 12.2. The minimum absolute atomic E-state index is 0.0341. The number of amides is 2. The molecule has 114 valence electrons. The molecule has 0 radical (unpaired) electrons. The van der Waals surface area contributed by atoms with E-state index in [0.29, 0.717) is 12.4 Å². The summed E-state index contributed by atoms with van der Waals surface area (Å²) >= 11 is 1.25. The molecule has 0 unspecified atom stereocenters. The lowest BCUT2D eigenvalue weighted by Gasteiger charge is -2.17. The first-order valence-electron chi connectivity index (χ1n) is 6.92. The van der Waals surface area contributed by atoms with E-state index in [1.54, 1.807) is 16.3 Å². The van der Waals surface area contributed by atoms with E-state index in [1.165, 1.54) is 11.5 Å². The fraction of sp³-hybridized carbons (Fsp3) is 0.267. The van der Waals surface area contributed by atoms with Crippen molar-refractivity contribution in [1.29, 1.82) is 0 Å². The Labute approximate surface area is 131 Å². The van der Waals surface area contributed by atoms with Crippen molar-refractivity contribution in [1.82, 2.24) is 9.69 Å². The van der Waals surface area contributed by atoms with Gasteiger partial charge in [-0.05, 0) is 29.6 Å². The van der Waals surface area contributed by atoms with Crippen molar-refractivity contribution in [2.45, 2.75) is 6.42 Å². The number of hydrogen-bond acceptors (Lipinski definition) is 5. The molecule has 0 saturated heterocycles. The Morgan fingerprint density at radius 1 is 1.32 bits per heavy atom. The van der Waals surface area contributed by atoms with Gasteiger partial charge in [0.2, 0.25) is 11.8 Å². The molecule has 0 atom stereocenters. The van der Waals surface area contributed by atoms with E-state index in [0.717, 1.165) is 17.7 Å². The number of ether oxygens (including phenoxy) is 1. The molecule has 22 heavy (non-hydrogen) atoms. The van der Waals surface area contributed by atoms with Crippen LogP contribution in [0.25, 0.3) is 0 Å². The maximum absolute atomic E-state index is 12.2. The molecule has 3 rings (SSSR count). The highest BCUT2D eigenvalue weighted by molar-refractivity contribution is 7.03. The highest BCUT2D eigenvalue weighted by Crippen LogP contribution is 2.27. The topological polar surface area (TPSA) is 71.5 Å². The van der Waals surface area contributed by atoms with Crippen LogP contribution in [0.15, 0.2) is 35.7 Å². The van der Waals surface area contributed by atoms with Crippen LogP contribution in [0.3, 0.4) is 0 Å². The number of benzene rings is 1. The normalized spacial score (nSPS) is 12.8. The van der Waals surface area contributed by atoms with Crippen molar-refractivity contribution < 1.29 is 14.3 Å². The first-order chi connectivity index (χ1) is 10.7. The number of hydrogen-bond donors (Lipinski definition) is 1. The summed E-state index contributed by atoms with van der Waals surface area (Å²) in [7, 11) is 0. The summed E-state index contributed by atoms with van der Waals surface area (Å²) in [5.74, 6) is -0.0410. The monoisotopic (exact) mass is 317 g/mol. The number of nitrogens with one attached hydrogen (secondary N) is 1. The van der Waals surface area contributed by atoms with Crippen molar-refractivity contribution in [3.63, 3.8) is 0 Å². The molecule has 2 heterocycles. The van der Waals surface area contributed by atoms with Gasteiger partial charge in [-0.3, -0.25) is 9.59 Å². The minimum Gasteiger partial charge on any atom is -0.467 e. The Kier molecular flexibility index (Phi) is 4.34. The molecule has 1 N–H and O–H groups in total.